The second-order valence-corrected chi connectivity index (χ2v) is 6.66. The van der Waals surface area contributed by atoms with E-state index in [2.05, 4.69) is 17.4 Å². The Kier molecular flexibility index (Phi) is 5.11. The number of amides is 1. The Labute approximate surface area is 125 Å². The maximum Gasteiger partial charge on any atom is 0.227 e. The summed E-state index contributed by atoms with van der Waals surface area (Å²) in [5.74, 6) is 0.595. The predicted molar refractivity (Wildman–Crippen MR) is 84.1 cm³/mol. The standard InChI is InChI=1S/C16H23NO2S/c1-16(19,11-20-2)10-17-15(18)14-9-5-7-12-6-3-4-8-13(12)14/h3-4,6,8,14,19H,5,7,9-11H2,1-2H3,(H,17,18)/t14-,16-/m0/s1. The van der Waals surface area contributed by atoms with Crippen LogP contribution < -0.4 is 5.32 Å². The molecule has 0 aromatic heterocycles. The molecule has 0 aliphatic heterocycles. The molecule has 2 rings (SSSR count). The number of fused-ring (bicyclic) bond motifs is 1. The number of aryl methyl sites for hydroxylation is 1. The van der Waals surface area contributed by atoms with Crippen molar-refractivity contribution in [2.24, 2.45) is 0 Å². The highest BCUT2D eigenvalue weighted by Gasteiger charge is 2.28. The minimum Gasteiger partial charge on any atom is -0.387 e. The van der Waals surface area contributed by atoms with Crippen molar-refractivity contribution < 1.29 is 9.90 Å². The number of aliphatic hydroxyl groups is 1. The van der Waals surface area contributed by atoms with Crippen molar-refractivity contribution >= 4 is 17.7 Å². The van der Waals surface area contributed by atoms with E-state index in [9.17, 15) is 9.90 Å². The van der Waals surface area contributed by atoms with Gasteiger partial charge in [0.25, 0.3) is 0 Å². The van der Waals surface area contributed by atoms with E-state index < -0.39 is 5.60 Å². The first kappa shape index (κ1) is 15.4. The van der Waals surface area contributed by atoms with Gasteiger partial charge in [0.05, 0.1) is 11.5 Å². The van der Waals surface area contributed by atoms with Crippen LogP contribution in [0.5, 0.6) is 0 Å². The van der Waals surface area contributed by atoms with Crippen molar-refractivity contribution in [2.75, 3.05) is 18.6 Å². The lowest BCUT2D eigenvalue weighted by molar-refractivity contribution is -0.123. The number of nitrogens with one attached hydrogen (secondary N) is 1. The third kappa shape index (κ3) is 3.76. The molecule has 20 heavy (non-hydrogen) atoms. The molecule has 1 aromatic carbocycles. The number of thioether (sulfide) groups is 1. The highest BCUT2D eigenvalue weighted by molar-refractivity contribution is 7.98. The van der Waals surface area contributed by atoms with Gasteiger partial charge in [0.2, 0.25) is 5.91 Å². The smallest absolute Gasteiger partial charge is 0.227 e. The van der Waals surface area contributed by atoms with E-state index in [1.807, 2.05) is 18.4 Å². The van der Waals surface area contributed by atoms with Crippen LogP contribution in [0.2, 0.25) is 0 Å². The molecule has 0 fully saturated rings. The lowest BCUT2D eigenvalue weighted by atomic mass is 9.82. The molecule has 0 bridgehead atoms. The summed E-state index contributed by atoms with van der Waals surface area (Å²) in [7, 11) is 0. The number of carbonyl (C=O) groups excluding carboxylic acids is 1. The van der Waals surface area contributed by atoms with Crippen molar-refractivity contribution in [3.8, 4) is 0 Å². The van der Waals surface area contributed by atoms with Crippen molar-refractivity contribution in [3.63, 3.8) is 0 Å². The second kappa shape index (κ2) is 6.64. The fourth-order valence-electron chi connectivity index (χ4n) is 2.79. The summed E-state index contributed by atoms with van der Waals surface area (Å²) in [4.78, 5) is 12.4. The van der Waals surface area contributed by atoms with Crippen LogP contribution in [0.4, 0.5) is 0 Å². The van der Waals surface area contributed by atoms with Gasteiger partial charge in [0.1, 0.15) is 0 Å². The molecule has 1 aliphatic rings. The molecule has 0 saturated carbocycles. The Morgan fingerprint density at radius 3 is 3.00 bits per heavy atom. The number of rotatable bonds is 5. The van der Waals surface area contributed by atoms with E-state index in [-0.39, 0.29) is 11.8 Å². The van der Waals surface area contributed by atoms with E-state index in [4.69, 9.17) is 0 Å². The molecule has 2 N–H and O–H groups in total. The van der Waals surface area contributed by atoms with Gasteiger partial charge in [0, 0.05) is 12.3 Å². The minimum absolute atomic E-state index is 0.0403. The zero-order valence-electron chi connectivity index (χ0n) is 12.2. The highest BCUT2D eigenvalue weighted by atomic mass is 32.2. The predicted octanol–water partition coefficient (Wildman–Crippen LogP) is 2.34. The molecule has 0 saturated heterocycles. The normalized spacial score (nSPS) is 20.9. The average Bonchev–Trinajstić information content (AvgIpc) is 2.44. The first-order valence-corrected chi connectivity index (χ1v) is 8.50. The Morgan fingerprint density at radius 2 is 2.25 bits per heavy atom. The Bertz CT molecular complexity index is 473. The number of hydrogen-bond donors (Lipinski definition) is 2. The largest absolute Gasteiger partial charge is 0.387 e. The summed E-state index contributed by atoms with van der Waals surface area (Å²) in [6.07, 6.45) is 4.96. The summed E-state index contributed by atoms with van der Waals surface area (Å²) in [6, 6.07) is 8.19. The number of benzene rings is 1. The van der Waals surface area contributed by atoms with Gasteiger partial charge in [-0.05, 0) is 43.6 Å². The van der Waals surface area contributed by atoms with Crippen molar-refractivity contribution in [1.29, 1.82) is 0 Å². The lowest BCUT2D eigenvalue weighted by Crippen LogP contribution is -2.44. The first-order valence-electron chi connectivity index (χ1n) is 7.10. The maximum atomic E-state index is 12.4. The van der Waals surface area contributed by atoms with Crippen LogP contribution in [0.15, 0.2) is 24.3 Å². The van der Waals surface area contributed by atoms with Gasteiger partial charge in [-0.15, -0.1) is 0 Å². The molecule has 3 nitrogen and oxygen atoms in total. The van der Waals surface area contributed by atoms with E-state index in [1.165, 1.54) is 5.56 Å². The molecule has 1 aliphatic carbocycles. The Morgan fingerprint density at radius 1 is 1.50 bits per heavy atom. The third-order valence-corrected chi connectivity index (χ3v) is 4.70. The van der Waals surface area contributed by atoms with E-state index in [0.717, 1.165) is 24.8 Å². The summed E-state index contributed by atoms with van der Waals surface area (Å²) in [5, 5.41) is 13.0. The van der Waals surface area contributed by atoms with Gasteiger partial charge in [-0.3, -0.25) is 4.79 Å². The van der Waals surface area contributed by atoms with Crippen LogP contribution in [0, 0.1) is 0 Å². The number of hydrogen-bond acceptors (Lipinski definition) is 3. The minimum atomic E-state index is -0.844. The van der Waals surface area contributed by atoms with Crippen LogP contribution in [0.3, 0.4) is 0 Å². The fourth-order valence-corrected chi connectivity index (χ4v) is 3.51. The molecular formula is C16H23NO2S. The van der Waals surface area contributed by atoms with Crippen molar-refractivity contribution in [1.82, 2.24) is 5.32 Å². The first-order chi connectivity index (χ1) is 9.53. The van der Waals surface area contributed by atoms with E-state index in [0.29, 0.717) is 12.3 Å². The quantitative estimate of drug-likeness (QED) is 0.876. The van der Waals surface area contributed by atoms with Crippen LogP contribution in [0.25, 0.3) is 0 Å². The lowest BCUT2D eigenvalue weighted by Gasteiger charge is -2.27. The molecule has 2 atom stereocenters. The zero-order valence-corrected chi connectivity index (χ0v) is 13.0. The van der Waals surface area contributed by atoms with Crippen LogP contribution >= 0.6 is 11.8 Å². The maximum absolute atomic E-state index is 12.4. The molecular weight excluding hydrogens is 270 g/mol. The average molecular weight is 293 g/mol. The van der Waals surface area contributed by atoms with Gasteiger partial charge in [-0.25, -0.2) is 0 Å². The van der Waals surface area contributed by atoms with Gasteiger partial charge in [-0.2, -0.15) is 11.8 Å². The molecule has 1 aromatic rings. The molecule has 0 unspecified atom stereocenters. The van der Waals surface area contributed by atoms with Gasteiger partial charge in [-0.1, -0.05) is 24.3 Å². The monoisotopic (exact) mass is 293 g/mol. The Balaban J connectivity index is 2.01. The summed E-state index contributed by atoms with van der Waals surface area (Å²) >= 11 is 1.58. The zero-order chi connectivity index (χ0) is 14.6. The second-order valence-electron chi connectivity index (χ2n) is 5.79. The van der Waals surface area contributed by atoms with E-state index in [1.54, 1.807) is 18.7 Å². The van der Waals surface area contributed by atoms with Crippen LogP contribution in [0.1, 0.15) is 36.8 Å². The van der Waals surface area contributed by atoms with Crippen molar-refractivity contribution in [3.05, 3.63) is 35.4 Å². The molecule has 4 heteroatoms. The molecule has 1 amide bonds. The van der Waals surface area contributed by atoms with Crippen molar-refractivity contribution in [2.45, 2.75) is 37.7 Å². The van der Waals surface area contributed by atoms with Crippen LogP contribution in [-0.4, -0.2) is 35.2 Å². The summed E-state index contributed by atoms with van der Waals surface area (Å²) < 4.78 is 0. The molecule has 0 heterocycles. The van der Waals surface area contributed by atoms with Crippen LogP contribution in [-0.2, 0) is 11.2 Å². The van der Waals surface area contributed by atoms with E-state index >= 15 is 0 Å². The summed E-state index contributed by atoms with van der Waals surface area (Å²) in [5.41, 5.74) is 1.60. The Hall–Kier alpha value is -1.00. The molecule has 0 radical (unpaired) electrons. The van der Waals surface area contributed by atoms with Gasteiger partial charge in [0.15, 0.2) is 0 Å². The molecule has 0 spiro atoms. The summed E-state index contributed by atoms with van der Waals surface area (Å²) in [6.45, 7) is 2.07. The SMILES string of the molecule is CSC[C@@](C)(O)CNC(=O)[C@H]1CCCc2ccccc21. The third-order valence-electron chi connectivity index (χ3n) is 3.78. The number of carbonyl (C=O) groups is 1. The topological polar surface area (TPSA) is 49.3 Å². The van der Waals surface area contributed by atoms with Gasteiger partial charge < -0.3 is 10.4 Å². The molecule has 110 valence electrons. The van der Waals surface area contributed by atoms with Gasteiger partial charge >= 0.3 is 0 Å². The fraction of sp³-hybridized carbons (Fsp3) is 0.562. The highest BCUT2D eigenvalue weighted by Crippen LogP contribution is 2.31.